The molecule has 0 spiro atoms. The van der Waals surface area contributed by atoms with Crippen molar-refractivity contribution in [3.63, 3.8) is 0 Å². The minimum Gasteiger partial charge on any atom is -0.481 e. The number of rotatable bonds is 5. The Labute approximate surface area is 72.0 Å². The van der Waals surface area contributed by atoms with Gasteiger partial charge in [-0.15, -0.1) is 0 Å². The Balaban J connectivity index is 4.15. The lowest BCUT2D eigenvalue weighted by atomic mass is 10.00. The van der Waals surface area contributed by atoms with Crippen molar-refractivity contribution in [2.24, 2.45) is 5.92 Å². The molecule has 12 heavy (non-hydrogen) atoms. The summed E-state index contributed by atoms with van der Waals surface area (Å²) >= 11 is 0. The molecular weight excluding hydrogens is 158 g/mol. The van der Waals surface area contributed by atoms with Crippen LogP contribution in [0.25, 0.3) is 0 Å². The SMILES string of the molecule is CNC(CC(=O)O)C(=O)C(C)C. The lowest BCUT2D eigenvalue weighted by Gasteiger charge is -2.14. The molecule has 4 heteroatoms. The zero-order chi connectivity index (χ0) is 9.72. The molecular formula is C8H15NO3. The monoisotopic (exact) mass is 173 g/mol. The smallest absolute Gasteiger partial charge is 0.305 e. The number of carboxylic acid groups (broad SMARTS) is 1. The van der Waals surface area contributed by atoms with E-state index in [1.807, 2.05) is 0 Å². The maximum absolute atomic E-state index is 11.3. The minimum absolute atomic E-state index is 0.0556. The molecule has 4 nitrogen and oxygen atoms in total. The molecule has 0 radical (unpaired) electrons. The lowest BCUT2D eigenvalue weighted by Crippen LogP contribution is -2.38. The summed E-state index contributed by atoms with van der Waals surface area (Å²) in [5.41, 5.74) is 0. The molecule has 1 unspecified atom stereocenters. The van der Waals surface area contributed by atoms with E-state index in [9.17, 15) is 9.59 Å². The van der Waals surface area contributed by atoms with Crippen molar-refractivity contribution in [2.75, 3.05) is 7.05 Å². The molecule has 1 atom stereocenters. The van der Waals surface area contributed by atoms with Crippen LogP contribution in [-0.4, -0.2) is 29.9 Å². The van der Waals surface area contributed by atoms with E-state index in [1.54, 1.807) is 20.9 Å². The summed E-state index contributed by atoms with van der Waals surface area (Å²) in [6.07, 6.45) is -0.145. The van der Waals surface area contributed by atoms with Crippen molar-refractivity contribution < 1.29 is 14.7 Å². The summed E-state index contributed by atoms with van der Waals surface area (Å²) in [6.45, 7) is 3.52. The molecule has 0 saturated carbocycles. The minimum atomic E-state index is -0.955. The molecule has 0 aliphatic rings. The standard InChI is InChI=1S/C8H15NO3/c1-5(2)8(12)6(9-3)4-7(10)11/h5-6,9H,4H2,1-3H3,(H,10,11). The van der Waals surface area contributed by atoms with Gasteiger partial charge in [-0.1, -0.05) is 13.8 Å². The van der Waals surface area contributed by atoms with Crippen LogP contribution < -0.4 is 5.32 Å². The van der Waals surface area contributed by atoms with Gasteiger partial charge in [0.1, 0.15) is 0 Å². The summed E-state index contributed by atoms with van der Waals surface area (Å²) in [6, 6.07) is -0.553. The summed E-state index contributed by atoms with van der Waals surface area (Å²) in [7, 11) is 1.59. The fourth-order valence-corrected chi connectivity index (χ4v) is 0.922. The van der Waals surface area contributed by atoms with Crippen LogP contribution in [0.3, 0.4) is 0 Å². The van der Waals surface area contributed by atoms with Gasteiger partial charge in [0.15, 0.2) is 5.78 Å². The molecule has 0 aliphatic carbocycles. The van der Waals surface area contributed by atoms with Gasteiger partial charge in [-0.05, 0) is 7.05 Å². The summed E-state index contributed by atoms with van der Waals surface area (Å²) in [5.74, 6) is -1.13. The highest BCUT2D eigenvalue weighted by Gasteiger charge is 2.21. The van der Waals surface area contributed by atoms with Crippen LogP contribution in [0.2, 0.25) is 0 Å². The first kappa shape index (κ1) is 11.1. The first-order chi connectivity index (χ1) is 5.49. The average molecular weight is 173 g/mol. The van der Waals surface area contributed by atoms with Crippen molar-refractivity contribution in [3.8, 4) is 0 Å². The van der Waals surface area contributed by atoms with E-state index in [2.05, 4.69) is 5.32 Å². The number of carbonyl (C=O) groups is 2. The Morgan fingerprint density at radius 2 is 1.92 bits per heavy atom. The highest BCUT2D eigenvalue weighted by atomic mass is 16.4. The number of hydrogen-bond donors (Lipinski definition) is 2. The molecule has 0 aromatic carbocycles. The Hall–Kier alpha value is -0.900. The molecule has 2 N–H and O–H groups in total. The van der Waals surface area contributed by atoms with Gasteiger partial charge in [-0.25, -0.2) is 0 Å². The van der Waals surface area contributed by atoms with E-state index >= 15 is 0 Å². The first-order valence-electron chi connectivity index (χ1n) is 3.91. The maximum atomic E-state index is 11.3. The lowest BCUT2D eigenvalue weighted by molar-refractivity contribution is -0.140. The highest BCUT2D eigenvalue weighted by Crippen LogP contribution is 2.02. The van der Waals surface area contributed by atoms with Crippen LogP contribution in [0.15, 0.2) is 0 Å². The third kappa shape index (κ3) is 3.48. The highest BCUT2D eigenvalue weighted by molar-refractivity contribution is 5.89. The Morgan fingerprint density at radius 3 is 2.17 bits per heavy atom. The average Bonchev–Trinajstić information content (AvgIpc) is 1.98. The summed E-state index contributed by atoms with van der Waals surface area (Å²) in [5, 5.41) is 11.1. The normalized spacial score (nSPS) is 13.0. The zero-order valence-corrected chi connectivity index (χ0v) is 7.63. The molecule has 0 aromatic rings. The Morgan fingerprint density at radius 1 is 1.42 bits per heavy atom. The van der Waals surface area contributed by atoms with Crippen LogP contribution in [-0.2, 0) is 9.59 Å². The number of nitrogens with one attached hydrogen (secondary N) is 1. The summed E-state index contributed by atoms with van der Waals surface area (Å²) in [4.78, 5) is 21.6. The molecule has 0 heterocycles. The van der Waals surface area contributed by atoms with Gasteiger partial charge in [-0.2, -0.15) is 0 Å². The van der Waals surface area contributed by atoms with Gasteiger partial charge in [0.05, 0.1) is 12.5 Å². The van der Waals surface area contributed by atoms with Crippen molar-refractivity contribution in [2.45, 2.75) is 26.3 Å². The number of likely N-dealkylation sites (N-methyl/N-ethyl adjacent to an activating group) is 1. The van der Waals surface area contributed by atoms with Crippen LogP contribution in [0.1, 0.15) is 20.3 Å². The predicted octanol–water partition coefficient (Wildman–Crippen LogP) is 0.274. The fraction of sp³-hybridized carbons (Fsp3) is 0.750. The number of ketones is 1. The molecule has 70 valence electrons. The van der Waals surface area contributed by atoms with E-state index in [4.69, 9.17) is 5.11 Å². The number of Topliss-reactive ketones (excluding diaryl/α,β-unsaturated/α-hetero) is 1. The predicted molar refractivity (Wildman–Crippen MR) is 44.9 cm³/mol. The molecule has 0 bridgehead atoms. The fourth-order valence-electron chi connectivity index (χ4n) is 0.922. The third-order valence-corrected chi connectivity index (χ3v) is 1.64. The molecule has 0 rings (SSSR count). The van der Waals surface area contributed by atoms with E-state index in [-0.39, 0.29) is 18.1 Å². The van der Waals surface area contributed by atoms with Gasteiger partial charge in [-0.3, -0.25) is 9.59 Å². The van der Waals surface area contributed by atoms with Gasteiger partial charge >= 0.3 is 5.97 Å². The van der Waals surface area contributed by atoms with Crippen molar-refractivity contribution in [1.82, 2.24) is 5.32 Å². The second-order valence-corrected chi connectivity index (χ2v) is 3.00. The number of carboxylic acids is 1. The number of carbonyl (C=O) groups excluding carboxylic acids is 1. The second-order valence-electron chi connectivity index (χ2n) is 3.00. The number of hydrogen-bond acceptors (Lipinski definition) is 3. The first-order valence-corrected chi connectivity index (χ1v) is 3.91. The van der Waals surface area contributed by atoms with Gasteiger partial charge in [0, 0.05) is 5.92 Å². The van der Waals surface area contributed by atoms with Gasteiger partial charge < -0.3 is 10.4 Å². The summed E-state index contributed by atoms with van der Waals surface area (Å²) < 4.78 is 0. The van der Waals surface area contributed by atoms with Gasteiger partial charge in [0.25, 0.3) is 0 Å². The van der Waals surface area contributed by atoms with E-state index in [0.717, 1.165) is 0 Å². The van der Waals surface area contributed by atoms with Crippen molar-refractivity contribution >= 4 is 11.8 Å². The van der Waals surface area contributed by atoms with E-state index in [1.165, 1.54) is 0 Å². The van der Waals surface area contributed by atoms with Crippen LogP contribution in [0, 0.1) is 5.92 Å². The van der Waals surface area contributed by atoms with Crippen molar-refractivity contribution in [1.29, 1.82) is 0 Å². The quantitative estimate of drug-likeness (QED) is 0.626. The molecule has 0 saturated heterocycles. The molecule has 0 fully saturated rings. The Bertz CT molecular complexity index is 177. The third-order valence-electron chi connectivity index (χ3n) is 1.64. The molecule has 0 aliphatic heterocycles. The second kappa shape index (κ2) is 4.87. The van der Waals surface area contributed by atoms with E-state index in [0.29, 0.717) is 0 Å². The van der Waals surface area contributed by atoms with Crippen LogP contribution in [0.4, 0.5) is 0 Å². The van der Waals surface area contributed by atoms with Crippen molar-refractivity contribution in [3.05, 3.63) is 0 Å². The molecule has 0 aromatic heterocycles. The van der Waals surface area contributed by atoms with Crippen LogP contribution >= 0.6 is 0 Å². The van der Waals surface area contributed by atoms with Gasteiger partial charge in [0.2, 0.25) is 0 Å². The topological polar surface area (TPSA) is 66.4 Å². The Kier molecular flexibility index (Phi) is 4.51. The maximum Gasteiger partial charge on any atom is 0.305 e. The zero-order valence-electron chi connectivity index (χ0n) is 7.63. The largest absolute Gasteiger partial charge is 0.481 e. The molecule has 0 amide bonds. The van der Waals surface area contributed by atoms with E-state index < -0.39 is 12.0 Å². The van der Waals surface area contributed by atoms with Crippen LogP contribution in [0.5, 0.6) is 0 Å². The number of aliphatic carboxylic acids is 1.